The van der Waals surface area contributed by atoms with Crippen LogP contribution in [0.15, 0.2) is 42.5 Å². The predicted octanol–water partition coefficient (Wildman–Crippen LogP) is 2.26. The molecule has 0 heterocycles. The van der Waals surface area contributed by atoms with Crippen LogP contribution in [0, 0.1) is 0 Å². The van der Waals surface area contributed by atoms with E-state index >= 15 is 0 Å². The number of ether oxygens (including phenoxy) is 1. The zero-order valence-electron chi connectivity index (χ0n) is 12.0. The second-order valence-corrected chi connectivity index (χ2v) is 4.86. The fourth-order valence-corrected chi connectivity index (χ4v) is 1.88. The molecule has 2 rings (SSSR count). The third-order valence-electron chi connectivity index (χ3n) is 2.95. The van der Waals surface area contributed by atoms with E-state index < -0.39 is 0 Å². The topological polar surface area (TPSA) is 75.8 Å². The van der Waals surface area contributed by atoms with Crippen LogP contribution in [0.4, 0.5) is 5.69 Å². The van der Waals surface area contributed by atoms with Crippen LogP contribution >= 0.6 is 0 Å². The van der Waals surface area contributed by atoms with Crippen LogP contribution in [-0.4, -0.2) is 30.0 Å². The quantitative estimate of drug-likeness (QED) is 0.845. The number of benzene rings is 2. The van der Waals surface area contributed by atoms with Gasteiger partial charge in [-0.25, -0.2) is 0 Å². The summed E-state index contributed by atoms with van der Waals surface area (Å²) in [5.74, 6) is 0.770. The molecular formula is C16H18N2O3. The number of anilines is 1. The number of carbonyl (C=O) groups is 1. The average molecular weight is 286 g/mol. The highest BCUT2D eigenvalue weighted by molar-refractivity contribution is 5.97. The number of hydrogen-bond acceptors (Lipinski definition) is 4. The number of aliphatic hydroxyl groups excluding tert-OH is 1. The summed E-state index contributed by atoms with van der Waals surface area (Å²) in [7, 11) is 3.35. The molecule has 1 amide bonds. The number of carbonyl (C=O) groups excluding carboxylic acids is 1. The molecule has 0 atom stereocenters. The van der Waals surface area contributed by atoms with Gasteiger partial charge in [0.1, 0.15) is 11.5 Å². The van der Waals surface area contributed by atoms with Gasteiger partial charge in [0.25, 0.3) is 5.91 Å². The molecular weight excluding hydrogens is 268 g/mol. The molecule has 0 saturated heterocycles. The number of rotatable bonds is 4. The summed E-state index contributed by atoms with van der Waals surface area (Å²) in [6.45, 7) is -0.0718. The maximum Gasteiger partial charge on any atom is 0.257 e. The largest absolute Gasteiger partial charge is 0.456 e. The van der Waals surface area contributed by atoms with Gasteiger partial charge >= 0.3 is 0 Å². The first kappa shape index (κ1) is 14.9. The number of aliphatic hydroxyl groups is 1. The summed E-state index contributed by atoms with van der Waals surface area (Å²) in [6.07, 6.45) is 0. The minimum absolute atomic E-state index is 0.0718. The Morgan fingerprint density at radius 1 is 1.24 bits per heavy atom. The molecule has 0 aliphatic carbocycles. The molecule has 21 heavy (non-hydrogen) atoms. The van der Waals surface area contributed by atoms with E-state index in [0.717, 1.165) is 5.56 Å². The Morgan fingerprint density at radius 3 is 2.67 bits per heavy atom. The molecule has 0 aliphatic heterocycles. The van der Waals surface area contributed by atoms with Crippen LogP contribution in [0.1, 0.15) is 15.9 Å². The molecule has 0 fully saturated rings. The summed E-state index contributed by atoms with van der Waals surface area (Å²) in [5.41, 5.74) is 7.45. The van der Waals surface area contributed by atoms with Crippen LogP contribution in [0.25, 0.3) is 0 Å². The van der Waals surface area contributed by atoms with Crippen LogP contribution in [-0.2, 0) is 6.61 Å². The van der Waals surface area contributed by atoms with Crippen molar-refractivity contribution in [3.05, 3.63) is 53.6 Å². The number of nitrogens with two attached hydrogens (primary N) is 1. The minimum atomic E-state index is -0.164. The Morgan fingerprint density at radius 2 is 2.00 bits per heavy atom. The molecule has 0 radical (unpaired) electrons. The zero-order valence-corrected chi connectivity index (χ0v) is 12.0. The van der Waals surface area contributed by atoms with Crippen LogP contribution in [0.5, 0.6) is 11.5 Å². The second-order valence-electron chi connectivity index (χ2n) is 4.86. The summed E-state index contributed by atoms with van der Waals surface area (Å²) in [5, 5.41) is 9.15. The van der Waals surface area contributed by atoms with E-state index in [2.05, 4.69) is 0 Å². The van der Waals surface area contributed by atoms with E-state index in [1.165, 1.54) is 4.90 Å². The standard InChI is InChI=1S/C16H18N2O3/c1-18(2)16(20)14-7-6-12(17)9-15(14)21-13-5-3-4-11(8-13)10-19/h3-9,19H,10,17H2,1-2H3. The molecule has 5 nitrogen and oxygen atoms in total. The van der Waals surface area contributed by atoms with Crippen molar-refractivity contribution >= 4 is 11.6 Å². The molecule has 3 N–H and O–H groups in total. The van der Waals surface area contributed by atoms with E-state index in [1.54, 1.807) is 56.6 Å². The first-order valence-corrected chi connectivity index (χ1v) is 6.50. The molecule has 0 aliphatic rings. The number of amides is 1. The minimum Gasteiger partial charge on any atom is -0.456 e. The number of nitrogen functional groups attached to an aromatic ring is 1. The lowest BCUT2D eigenvalue weighted by Gasteiger charge is -2.15. The highest BCUT2D eigenvalue weighted by Gasteiger charge is 2.15. The first-order chi connectivity index (χ1) is 10.0. The van der Waals surface area contributed by atoms with Crippen molar-refractivity contribution in [3.8, 4) is 11.5 Å². The van der Waals surface area contributed by atoms with Crippen LogP contribution in [0.2, 0.25) is 0 Å². The lowest BCUT2D eigenvalue weighted by molar-refractivity contribution is 0.0825. The Bertz CT molecular complexity index is 654. The van der Waals surface area contributed by atoms with Gasteiger partial charge in [0.2, 0.25) is 0 Å². The van der Waals surface area contributed by atoms with Gasteiger partial charge in [-0.1, -0.05) is 12.1 Å². The van der Waals surface area contributed by atoms with Gasteiger partial charge in [-0.15, -0.1) is 0 Å². The zero-order chi connectivity index (χ0) is 15.4. The van der Waals surface area contributed by atoms with E-state index in [1.807, 2.05) is 0 Å². The fraction of sp³-hybridized carbons (Fsp3) is 0.188. The molecule has 0 unspecified atom stereocenters. The molecule has 110 valence electrons. The van der Waals surface area contributed by atoms with Gasteiger partial charge in [0.05, 0.1) is 12.2 Å². The third kappa shape index (κ3) is 3.52. The summed E-state index contributed by atoms with van der Waals surface area (Å²) < 4.78 is 5.77. The van der Waals surface area contributed by atoms with Crippen LogP contribution < -0.4 is 10.5 Å². The Labute approximate surface area is 123 Å². The Kier molecular flexibility index (Phi) is 4.45. The molecule has 0 saturated carbocycles. The van der Waals surface area contributed by atoms with E-state index in [9.17, 15) is 4.79 Å². The molecule has 2 aromatic rings. The van der Waals surface area contributed by atoms with Crippen molar-refractivity contribution < 1.29 is 14.6 Å². The smallest absolute Gasteiger partial charge is 0.257 e. The third-order valence-corrected chi connectivity index (χ3v) is 2.95. The average Bonchev–Trinajstić information content (AvgIpc) is 2.47. The molecule has 0 bridgehead atoms. The summed E-state index contributed by atoms with van der Waals surface area (Å²) in [4.78, 5) is 13.6. The fourth-order valence-electron chi connectivity index (χ4n) is 1.88. The predicted molar refractivity (Wildman–Crippen MR) is 81.3 cm³/mol. The van der Waals surface area contributed by atoms with Crippen molar-refractivity contribution in [1.29, 1.82) is 0 Å². The monoisotopic (exact) mass is 286 g/mol. The van der Waals surface area contributed by atoms with Crippen molar-refractivity contribution in [2.24, 2.45) is 0 Å². The number of hydrogen-bond donors (Lipinski definition) is 2. The lowest BCUT2D eigenvalue weighted by atomic mass is 10.1. The summed E-state index contributed by atoms with van der Waals surface area (Å²) >= 11 is 0. The van der Waals surface area contributed by atoms with Gasteiger partial charge in [-0.05, 0) is 29.8 Å². The van der Waals surface area contributed by atoms with Crippen molar-refractivity contribution in [1.82, 2.24) is 4.90 Å². The van der Waals surface area contributed by atoms with Gasteiger partial charge in [0.15, 0.2) is 0 Å². The maximum absolute atomic E-state index is 12.2. The van der Waals surface area contributed by atoms with Gasteiger partial charge in [0, 0.05) is 25.8 Å². The summed E-state index contributed by atoms with van der Waals surface area (Å²) in [6, 6.07) is 12.0. The van der Waals surface area contributed by atoms with E-state index in [-0.39, 0.29) is 12.5 Å². The van der Waals surface area contributed by atoms with Gasteiger partial charge in [-0.3, -0.25) is 4.79 Å². The maximum atomic E-state index is 12.2. The SMILES string of the molecule is CN(C)C(=O)c1ccc(N)cc1Oc1cccc(CO)c1. The highest BCUT2D eigenvalue weighted by atomic mass is 16.5. The molecule has 0 aromatic heterocycles. The second kappa shape index (κ2) is 6.28. The van der Waals surface area contributed by atoms with Gasteiger partial charge in [-0.2, -0.15) is 0 Å². The normalized spacial score (nSPS) is 10.2. The number of nitrogens with zero attached hydrogens (tertiary/aromatic N) is 1. The van der Waals surface area contributed by atoms with Crippen molar-refractivity contribution in [2.75, 3.05) is 19.8 Å². The Hall–Kier alpha value is -2.53. The van der Waals surface area contributed by atoms with Crippen molar-refractivity contribution in [3.63, 3.8) is 0 Å². The van der Waals surface area contributed by atoms with E-state index in [4.69, 9.17) is 15.6 Å². The highest BCUT2D eigenvalue weighted by Crippen LogP contribution is 2.28. The van der Waals surface area contributed by atoms with Gasteiger partial charge < -0.3 is 20.5 Å². The van der Waals surface area contributed by atoms with Crippen molar-refractivity contribution in [2.45, 2.75) is 6.61 Å². The first-order valence-electron chi connectivity index (χ1n) is 6.50. The lowest BCUT2D eigenvalue weighted by Crippen LogP contribution is -2.22. The molecule has 5 heteroatoms. The molecule has 2 aromatic carbocycles. The Balaban J connectivity index is 2.38. The van der Waals surface area contributed by atoms with E-state index in [0.29, 0.717) is 22.7 Å². The van der Waals surface area contributed by atoms with Crippen LogP contribution in [0.3, 0.4) is 0 Å². The molecule has 0 spiro atoms.